The average molecular weight is 523 g/mol. The Balaban J connectivity index is 1.54. The molecule has 0 spiro atoms. The third-order valence-corrected chi connectivity index (χ3v) is 8.42. The summed E-state index contributed by atoms with van der Waals surface area (Å²) in [6, 6.07) is 7.34. The Morgan fingerprint density at radius 1 is 1.28 bits per heavy atom. The molecule has 2 N–H and O–H groups in total. The number of nitrogens with zero attached hydrogens (tertiary/aromatic N) is 3. The number of nitrogens with one attached hydrogen (secondary N) is 1. The molecule has 0 radical (unpaired) electrons. The molecular weight excluding hydrogens is 496 g/mol. The third kappa shape index (κ3) is 4.46. The summed E-state index contributed by atoms with van der Waals surface area (Å²) in [4.78, 5) is 40.4. The predicted molar refractivity (Wildman–Crippen MR) is 144 cm³/mol. The fraction of sp³-hybridized carbons (Fsp3) is 0.308. The number of allylic oxidation sites excluding steroid dienone is 1. The van der Waals surface area contributed by atoms with Crippen LogP contribution in [0.25, 0.3) is 26.8 Å². The van der Waals surface area contributed by atoms with Gasteiger partial charge in [-0.3, -0.25) is 9.36 Å². The van der Waals surface area contributed by atoms with E-state index in [4.69, 9.17) is 9.72 Å². The molecule has 3 aromatic heterocycles. The lowest BCUT2D eigenvalue weighted by atomic mass is 10.1. The van der Waals surface area contributed by atoms with Gasteiger partial charge in [-0.15, -0.1) is 17.9 Å². The molecule has 0 amide bonds. The lowest BCUT2D eigenvalue weighted by Gasteiger charge is -2.11. The van der Waals surface area contributed by atoms with Crippen molar-refractivity contribution in [2.45, 2.75) is 43.8 Å². The number of carbonyl (C=O) groups excluding carboxylic acids is 1. The molecule has 0 aliphatic heterocycles. The number of aromatic nitrogens is 4. The van der Waals surface area contributed by atoms with Crippen molar-refractivity contribution in [2.24, 2.45) is 0 Å². The zero-order valence-corrected chi connectivity index (χ0v) is 21.5. The summed E-state index contributed by atoms with van der Waals surface area (Å²) in [5.41, 5.74) is 2.40. The van der Waals surface area contributed by atoms with Gasteiger partial charge in [0.05, 0.1) is 29.3 Å². The molecule has 0 saturated carbocycles. The standard InChI is InChI=1S/C26H26N4O4S2/c1-3-13-30-24(32)20-15-9-5-4-6-12-19(15)36-23(20)29-26(30)35-14-18(31)21(25(33)34-2)22-27-16-10-7-8-11-17(16)28-22/h3,7-8,10-11,31H,1,4-6,9,12-14H2,2H3,(H,27,28)/b21-18-. The molecule has 1 aliphatic carbocycles. The van der Waals surface area contributed by atoms with Gasteiger partial charge in [-0.05, 0) is 43.4 Å². The summed E-state index contributed by atoms with van der Waals surface area (Å²) in [6.07, 6.45) is 6.91. The molecule has 186 valence electrons. The molecule has 1 aliphatic rings. The minimum atomic E-state index is -0.707. The zero-order valence-electron chi connectivity index (χ0n) is 19.9. The first-order chi connectivity index (χ1) is 17.5. The molecule has 0 fully saturated rings. The number of thioether (sulfide) groups is 1. The third-order valence-electron chi connectivity index (χ3n) is 6.24. The second-order valence-corrected chi connectivity index (χ2v) is 10.6. The summed E-state index contributed by atoms with van der Waals surface area (Å²) < 4.78 is 6.51. The summed E-state index contributed by atoms with van der Waals surface area (Å²) >= 11 is 2.77. The van der Waals surface area contributed by atoms with Gasteiger partial charge in [0.15, 0.2) is 5.16 Å². The van der Waals surface area contributed by atoms with Crippen LogP contribution in [0.2, 0.25) is 0 Å². The van der Waals surface area contributed by atoms with Crippen molar-refractivity contribution in [3.8, 4) is 0 Å². The molecule has 5 rings (SSSR count). The van der Waals surface area contributed by atoms with E-state index in [1.54, 1.807) is 22.0 Å². The minimum Gasteiger partial charge on any atom is -0.510 e. The van der Waals surface area contributed by atoms with Gasteiger partial charge < -0.3 is 14.8 Å². The van der Waals surface area contributed by atoms with Gasteiger partial charge in [-0.2, -0.15) is 0 Å². The van der Waals surface area contributed by atoms with Crippen LogP contribution in [0.4, 0.5) is 0 Å². The number of imidazole rings is 1. The van der Waals surface area contributed by atoms with E-state index in [9.17, 15) is 14.7 Å². The van der Waals surface area contributed by atoms with E-state index in [0.717, 1.165) is 41.6 Å². The Kier molecular flexibility index (Phi) is 6.97. The van der Waals surface area contributed by atoms with Crippen molar-refractivity contribution < 1.29 is 14.6 Å². The highest BCUT2D eigenvalue weighted by Crippen LogP contribution is 2.34. The Bertz CT molecular complexity index is 1530. The van der Waals surface area contributed by atoms with Crippen molar-refractivity contribution in [1.29, 1.82) is 0 Å². The van der Waals surface area contributed by atoms with Crippen molar-refractivity contribution in [3.63, 3.8) is 0 Å². The maximum absolute atomic E-state index is 13.5. The zero-order chi connectivity index (χ0) is 25.2. The summed E-state index contributed by atoms with van der Waals surface area (Å²) in [7, 11) is 1.25. The van der Waals surface area contributed by atoms with Crippen LogP contribution in [0.15, 0.2) is 52.6 Å². The number of thiophene rings is 1. The highest BCUT2D eigenvalue weighted by molar-refractivity contribution is 7.99. The van der Waals surface area contributed by atoms with Crippen LogP contribution in [-0.4, -0.2) is 43.5 Å². The predicted octanol–water partition coefficient (Wildman–Crippen LogP) is 5.02. The van der Waals surface area contributed by atoms with E-state index < -0.39 is 5.97 Å². The maximum Gasteiger partial charge on any atom is 0.345 e. The number of aryl methyl sites for hydroxylation is 2. The number of hydrogen-bond donors (Lipinski definition) is 2. The van der Waals surface area contributed by atoms with Crippen LogP contribution >= 0.6 is 23.1 Å². The first kappa shape index (κ1) is 24.3. The fourth-order valence-corrected chi connectivity index (χ4v) is 6.72. The summed E-state index contributed by atoms with van der Waals surface area (Å²) in [5, 5.41) is 12.2. The Morgan fingerprint density at radius 2 is 2.08 bits per heavy atom. The molecule has 0 saturated heterocycles. The number of fused-ring (bicyclic) bond motifs is 4. The van der Waals surface area contributed by atoms with Crippen molar-refractivity contribution in [3.05, 3.63) is 69.3 Å². The smallest absolute Gasteiger partial charge is 0.345 e. The number of para-hydroxylation sites is 2. The maximum atomic E-state index is 13.5. The summed E-state index contributed by atoms with van der Waals surface area (Å²) in [6.45, 7) is 4.10. The first-order valence-electron chi connectivity index (χ1n) is 11.8. The number of ether oxygens (including phenoxy) is 1. The monoisotopic (exact) mass is 522 g/mol. The van der Waals surface area contributed by atoms with Crippen molar-refractivity contribution in [1.82, 2.24) is 19.5 Å². The van der Waals surface area contributed by atoms with Crippen LogP contribution in [0.1, 0.15) is 35.5 Å². The molecule has 10 heteroatoms. The number of aliphatic hydroxyl groups is 1. The van der Waals surface area contributed by atoms with Gasteiger partial charge in [-0.1, -0.05) is 36.4 Å². The van der Waals surface area contributed by atoms with Crippen LogP contribution in [0.5, 0.6) is 0 Å². The number of carbonyl (C=O) groups is 1. The van der Waals surface area contributed by atoms with E-state index in [-0.39, 0.29) is 28.5 Å². The highest BCUT2D eigenvalue weighted by Gasteiger charge is 2.24. The molecule has 3 heterocycles. The second-order valence-electron chi connectivity index (χ2n) is 8.55. The SMILES string of the molecule is C=CCn1c(SC/C(O)=C(/C(=O)OC)c2nc3ccccc3[nH]2)nc2sc3c(c2c1=O)CCCCC3. The second kappa shape index (κ2) is 10.3. The Morgan fingerprint density at radius 3 is 2.86 bits per heavy atom. The van der Waals surface area contributed by atoms with Crippen LogP contribution in [-0.2, 0) is 28.9 Å². The van der Waals surface area contributed by atoms with Crippen LogP contribution in [0.3, 0.4) is 0 Å². The molecule has 0 bridgehead atoms. The highest BCUT2D eigenvalue weighted by atomic mass is 32.2. The number of aliphatic hydroxyl groups excluding tert-OH is 1. The number of hydrogen-bond acceptors (Lipinski definition) is 8. The quantitative estimate of drug-likeness (QED) is 0.0667. The average Bonchev–Trinajstić information content (AvgIpc) is 3.38. The van der Waals surface area contributed by atoms with E-state index in [2.05, 4.69) is 16.5 Å². The van der Waals surface area contributed by atoms with Gasteiger partial charge in [0.2, 0.25) is 0 Å². The molecule has 1 aromatic carbocycles. The Labute approximate surface area is 215 Å². The molecule has 8 nitrogen and oxygen atoms in total. The molecule has 0 atom stereocenters. The lowest BCUT2D eigenvalue weighted by Crippen LogP contribution is -2.23. The van der Waals surface area contributed by atoms with Crippen LogP contribution in [0, 0.1) is 0 Å². The molecular formula is C26H26N4O4S2. The topological polar surface area (TPSA) is 110 Å². The first-order valence-corrected chi connectivity index (χ1v) is 13.6. The Hall–Kier alpha value is -3.37. The minimum absolute atomic E-state index is 0.00164. The van der Waals surface area contributed by atoms with Gasteiger partial charge in [0, 0.05) is 11.4 Å². The van der Waals surface area contributed by atoms with E-state index in [1.165, 1.54) is 30.2 Å². The van der Waals surface area contributed by atoms with Gasteiger partial charge >= 0.3 is 5.97 Å². The molecule has 36 heavy (non-hydrogen) atoms. The van der Waals surface area contributed by atoms with Gasteiger partial charge in [-0.25, -0.2) is 14.8 Å². The number of esters is 1. The summed E-state index contributed by atoms with van der Waals surface area (Å²) in [5.74, 6) is -0.703. The normalized spacial score (nSPS) is 14.4. The molecule has 4 aromatic rings. The number of benzene rings is 1. The van der Waals surface area contributed by atoms with Crippen molar-refractivity contribution in [2.75, 3.05) is 12.9 Å². The fourth-order valence-electron chi connectivity index (χ4n) is 4.53. The number of aromatic amines is 1. The van der Waals surface area contributed by atoms with Crippen LogP contribution < -0.4 is 5.56 Å². The van der Waals surface area contributed by atoms with Gasteiger partial charge in [0.1, 0.15) is 22.0 Å². The largest absolute Gasteiger partial charge is 0.510 e. The number of H-pyrrole nitrogens is 1. The van der Waals surface area contributed by atoms with E-state index in [0.29, 0.717) is 22.6 Å². The van der Waals surface area contributed by atoms with E-state index >= 15 is 0 Å². The lowest BCUT2D eigenvalue weighted by molar-refractivity contribution is -0.133. The van der Waals surface area contributed by atoms with Crippen molar-refractivity contribution >= 4 is 55.9 Å². The number of rotatable bonds is 7. The molecule has 0 unspecified atom stereocenters. The van der Waals surface area contributed by atoms with E-state index in [1.807, 2.05) is 24.3 Å². The van der Waals surface area contributed by atoms with Gasteiger partial charge in [0.25, 0.3) is 5.56 Å². The number of methoxy groups -OCH3 is 1.